The van der Waals surface area contributed by atoms with Gasteiger partial charge in [-0.3, -0.25) is 0 Å². The van der Waals surface area contributed by atoms with Crippen LogP contribution in [0, 0.1) is 6.92 Å². The van der Waals surface area contributed by atoms with Gasteiger partial charge >= 0.3 is 12.3 Å². The highest BCUT2D eigenvalue weighted by Crippen LogP contribution is 2.42. The summed E-state index contributed by atoms with van der Waals surface area (Å²) in [5.74, 6) is -1.90. The molecule has 0 radical (unpaired) electrons. The van der Waals surface area contributed by atoms with Crippen LogP contribution in [-0.4, -0.2) is 31.7 Å². The van der Waals surface area contributed by atoms with E-state index in [2.05, 4.69) is 4.74 Å². The van der Waals surface area contributed by atoms with E-state index in [4.69, 9.17) is 25.8 Å². The minimum Gasteiger partial charge on any atom is -0.495 e. The molecule has 0 heterocycles. The molecule has 0 saturated carbocycles. The largest absolute Gasteiger partial charge is 0.573 e. The van der Waals surface area contributed by atoms with E-state index < -0.39 is 18.1 Å². The molecule has 6 nitrogen and oxygen atoms in total. The molecule has 0 fully saturated rings. The number of ether oxygens (including phenoxy) is 4. The summed E-state index contributed by atoms with van der Waals surface area (Å²) in [6.07, 6.45) is -4.87. The Morgan fingerprint density at radius 3 is 2.19 bits per heavy atom. The first-order chi connectivity index (χ1) is 12.6. The maximum atomic E-state index is 12.3. The van der Waals surface area contributed by atoms with Gasteiger partial charge < -0.3 is 24.1 Å². The van der Waals surface area contributed by atoms with Crippen LogP contribution in [-0.2, 0) is 0 Å². The van der Waals surface area contributed by atoms with E-state index in [-0.39, 0.29) is 39.1 Å². The number of aromatic carboxylic acids is 1. The summed E-state index contributed by atoms with van der Waals surface area (Å²) in [7, 11) is 2.56. The monoisotopic (exact) mass is 406 g/mol. The summed E-state index contributed by atoms with van der Waals surface area (Å²) in [6.45, 7) is 1.47. The average Bonchev–Trinajstić information content (AvgIpc) is 2.57. The van der Waals surface area contributed by atoms with Crippen molar-refractivity contribution in [1.82, 2.24) is 0 Å². The quantitative estimate of drug-likeness (QED) is 0.723. The SMILES string of the molecule is COc1cc(OC(F)(F)F)ccc1Oc1cc(OC)c(Cl)c(C)c1C(=O)O. The number of methoxy groups -OCH3 is 2. The molecular weight excluding hydrogens is 393 g/mol. The molecule has 0 bridgehead atoms. The van der Waals surface area contributed by atoms with Crippen LogP contribution in [0.25, 0.3) is 0 Å². The second-order valence-corrected chi connectivity index (χ2v) is 5.54. The molecule has 0 atom stereocenters. The predicted molar refractivity (Wildman–Crippen MR) is 89.5 cm³/mol. The fourth-order valence-electron chi connectivity index (χ4n) is 2.28. The normalized spacial score (nSPS) is 11.1. The van der Waals surface area contributed by atoms with Crippen molar-refractivity contribution in [2.45, 2.75) is 13.3 Å². The first kappa shape index (κ1) is 20.5. The molecule has 1 N–H and O–H groups in total. The van der Waals surface area contributed by atoms with Gasteiger partial charge in [-0.2, -0.15) is 0 Å². The Kier molecular flexibility index (Phi) is 5.94. The summed E-state index contributed by atoms with van der Waals surface area (Å²) in [6, 6.07) is 4.38. The van der Waals surface area contributed by atoms with Crippen molar-refractivity contribution in [2.75, 3.05) is 14.2 Å². The lowest BCUT2D eigenvalue weighted by atomic mass is 10.1. The van der Waals surface area contributed by atoms with Gasteiger partial charge in [0, 0.05) is 12.1 Å². The van der Waals surface area contributed by atoms with E-state index in [0.717, 1.165) is 18.2 Å². The third-order valence-electron chi connectivity index (χ3n) is 3.45. The van der Waals surface area contributed by atoms with Crippen molar-refractivity contribution >= 4 is 17.6 Å². The van der Waals surface area contributed by atoms with Crippen molar-refractivity contribution in [3.8, 4) is 28.7 Å². The van der Waals surface area contributed by atoms with Crippen molar-refractivity contribution < 1.29 is 42.0 Å². The van der Waals surface area contributed by atoms with Crippen molar-refractivity contribution in [3.05, 3.63) is 40.4 Å². The fraction of sp³-hybridized carbons (Fsp3) is 0.235. The van der Waals surface area contributed by atoms with Gasteiger partial charge in [0.05, 0.1) is 19.2 Å². The maximum Gasteiger partial charge on any atom is 0.573 e. The third kappa shape index (κ3) is 4.68. The number of hydrogen-bond donors (Lipinski definition) is 1. The molecule has 27 heavy (non-hydrogen) atoms. The zero-order valence-corrected chi connectivity index (χ0v) is 15.1. The molecule has 2 aromatic rings. The number of carboxylic acids is 1. The van der Waals surface area contributed by atoms with Crippen molar-refractivity contribution in [1.29, 1.82) is 0 Å². The highest BCUT2D eigenvalue weighted by atomic mass is 35.5. The van der Waals surface area contributed by atoms with Crippen LogP contribution >= 0.6 is 11.6 Å². The van der Waals surface area contributed by atoms with Crippen LogP contribution in [0.1, 0.15) is 15.9 Å². The van der Waals surface area contributed by atoms with Crippen molar-refractivity contribution in [3.63, 3.8) is 0 Å². The molecule has 0 aliphatic rings. The van der Waals surface area contributed by atoms with E-state index in [0.29, 0.717) is 0 Å². The molecule has 0 aromatic heterocycles. The second-order valence-electron chi connectivity index (χ2n) is 5.16. The second kappa shape index (κ2) is 7.83. The van der Waals surface area contributed by atoms with Gasteiger partial charge in [-0.1, -0.05) is 11.6 Å². The number of benzene rings is 2. The van der Waals surface area contributed by atoms with Gasteiger partial charge in [-0.05, 0) is 24.6 Å². The van der Waals surface area contributed by atoms with Crippen LogP contribution in [0.15, 0.2) is 24.3 Å². The number of halogens is 4. The summed E-state index contributed by atoms with van der Waals surface area (Å²) in [4.78, 5) is 11.6. The molecule has 146 valence electrons. The third-order valence-corrected chi connectivity index (χ3v) is 3.92. The standard InChI is InChI=1S/C17H14ClF3O6/c1-8-14(16(22)23)12(7-13(25-3)15(8)18)26-10-5-4-9(6-11(10)24-2)27-17(19,20)21/h4-7H,1-3H3,(H,22,23). The molecule has 0 saturated heterocycles. The lowest BCUT2D eigenvalue weighted by Crippen LogP contribution is -2.17. The van der Waals surface area contributed by atoms with Crippen LogP contribution in [0.3, 0.4) is 0 Å². The summed E-state index contributed by atoms with van der Waals surface area (Å²) < 4.78 is 56.5. The van der Waals surface area contributed by atoms with Crippen molar-refractivity contribution in [2.24, 2.45) is 0 Å². The topological polar surface area (TPSA) is 74.2 Å². The molecule has 2 rings (SSSR count). The smallest absolute Gasteiger partial charge is 0.495 e. The van der Waals surface area contributed by atoms with Gasteiger partial charge in [0.1, 0.15) is 22.8 Å². The first-order valence-electron chi connectivity index (χ1n) is 7.29. The number of alkyl halides is 3. The van der Waals surface area contributed by atoms with Gasteiger partial charge in [-0.25, -0.2) is 4.79 Å². The number of rotatable bonds is 6. The highest BCUT2D eigenvalue weighted by molar-refractivity contribution is 6.33. The van der Waals surface area contributed by atoms with Crippen LogP contribution in [0.2, 0.25) is 5.02 Å². The number of hydrogen-bond acceptors (Lipinski definition) is 5. The number of carboxylic acid groups (broad SMARTS) is 1. The Morgan fingerprint density at radius 1 is 1.04 bits per heavy atom. The Morgan fingerprint density at radius 2 is 1.67 bits per heavy atom. The van der Waals surface area contributed by atoms with E-state index in [1.807, 2.05) is 0 Å². The Balaban J connectivity index is 2.50. The van der Waals surface area contributed by atoms with Gasteiger partial charge in [0.15, 0.2) is 11.5 Å². The summed E-state index contributed by atoms with van der Waals surface area (Å²) >= 11 is 6.07. The molecule has 0 spiro atoms. The Hall–Kier alpha value is -2.81. The van der Waals surface area contributed by atoms with E-state index in [1.165, 1.54) is 27.2 Å². The van der Waals surface area contributed by atoms with Crippen LogP contribution in [0.5, 0.6) is 28.7 Å². The molecule has 2 aromatic carbocycles. The van der Waals surface area contributed by atoms with E-state index >= 15 is 0 Å². The lowest BCUT2D eigenvalue weighted by molar-refractivity contribution is -0.274. The highest BCUT2D eigenvalue weighted by Gasteiger charge is 2.31. The average molecular weight is 407 g/mol. The molecule has 0 amide bonds. The molecule has 10 heteroatoms. The molecule has 0 unspecified atom stereocenters. The minimum atomic E-state index is -4.87. The van der Waals surface area contributed by atoms with E-state index in [1.54, 1.807) is 0 Å². The zero-order valence-electron chi connectivity index (χ0n) is 14.3. The summed E-state index contributed by atoms with van der Waals surface area (Å²) in [5.41, 5.74) is -0.0204. The van der Waals surface area contributed by atoms with E-state index in [9.17, 15) is 23.1 Å². The molecule has 0 aliphatic carbocycles. The van der Waals surface area contributed by atoms with Crippen LogP contribution < -0.4 is 18.9 Å². The minimum absolute atomic E-state index is 0.0294. The van der Waals surface area contributed by atoms with Gasteiger partial charge in [0.25, 0.3) is 0 Å². The first-order valence-corrected chi connectivity index (χ1v) is 7.67. The zero-order chi connectivity index (χ0) is 20.4. The Bertz CT molecular complexity index is 867. The molecule has 0 aliphatic heterocycles. The van der Waals surface area contributed by atoms with Gasteiger partial charge in [-0.15, -0.1) is 13.2 Å². The maximum absolute atomic E-state index is 12.3. The fourth-order valence-corrected chi connectivity index (χ4v) is 2.50. The molecular formula is C17H14ClF3O6. The number of carbonyl (C=O) groups is 1. The lowest BCUT2D eigenvalue weighted by Gasteiger charge is -2.17. The summed E-state index contributed by atoms with van der Waals surface area (Å²) in [5, 5.41) is 9.56. The predicted octanol–water partition coefficient (Wildman–Crippen LogP) is 5.05. The van der Waals surface area contributed by atoms with Gasteiger partial charge in [0.2, 0.25) is 0 Å². The van der Waals surface area contributed by atoms with Crippen LogP contribution in [0.4, 0.5) is 13.2 Å². The Labute approximate surface area is 157 Å².